The van der Waals surface area contributed by atoms with Crippen molar-refractivity contribution in [3.05, 3.63) is 164 Å². The van der Waals surface area contributed by atoms with E-state index in [1.165, 1.54) is 0 Å². The van der Waals surface area contributed by atoms with E-state index in [1.807, 2.05) is 134 Å². The highest BCUT2D eigenvalue weighted by Crippen LogP contribution is 2.52. The van der Waals surface area contributed by atoms with Crippen molar-refractivity contribution in [1.29, 1.82) is 0 Å². The number of benzene rings is 6. The Morgan fingerprint density at radius 3 is 1.38 bits per heavy atom. The van der Waals surface area contributed by atoms with Gasteiger partial charge >= 0.3 is 8.45 Å². The predicted molar refractivity (Wildman–Crippen MR) is 196 cm³/mol. The van der Waals surface area contributed by atoms with Crippen LogP contribution >= 0.6 is 26.0 Å². The Bertz CT molecular complexity index is 1830. The van der Waals surface area contributed by atoms with E-state index < -0.39 is 8.45 Å². The SMILES string of the molecule is CCON(POc1ccc(-c2ccccc2)cc1)P(N=POc1ccc(-c2ccccc2)cc1)Oc1ccc(-c2ccccc2)cc1. The molecule has 0 fully saturated rings. The van der Waals surface area contributed by atoms with Crippen LogP contribution < -0.4 is 13.6 Å². The van der Waals surface area contributed by atoms with E-state index in [-0.39, 0.29) is 8.96 Å². The number of hydrogen-bond donors (Lipinski definition) is 0. The van der Waals surface area contributed by atoms with Gasteiger partial charge in [-0.05, 0) is 76.7 Å². The summed E-state index contributed by atoms with van der Waals surface area (Å²) in [5.74, 6) is 2.10. The quantitative estimate of drug-likeness (QED) is 0.0850. The fourth-order valence-electron chi connectivity index (χ4n) is 4.63. The largest absolute Gasteiger partial charge is 0.458 e. The highest BCUT2D eigenvalue weighted by atomic mass is 31.2. The van der Waals surface area contributed by atoms with Gasteiger partial charge in [-0.2, -0.15) is 0 Å². The molecule has 0 bridgehead atoms. The normalized spacial score (nSPS) is 12.0. The first kappa shape index (κ1) is 32.5. The topological polar surface area (TPSA) is 52.5 Å². The maximum absolute atomic E-state index is 6.44. The first-order valence-electron chi connectivity index (χ1n) is 15.1. The van der Waals surface area contributed by atoms with Crippen LogP contribution in [0, 0.1) is 0 Å². The van der Waals surface area contributed by atoms with Gasteiger partial charge in [0.15, 0.2) is 8.96 Å². The molecule has 0 radical (unpaired) electrons. The van der Waals surface area contributed by atoms with Crippen LogP contribution in [0.2, 0.25) is 0 Å². The number of hydrogen-bond acceptors (Lipinski definition) is 6. The monoisotopic (exact) mass is 674 g/mol. The molecule has 2 atom stereocenters. The molecule has 0 heterocycles. The lowest BCUT2D eigenvalue weighted by atomic mass is 10.1. The van der Waals surface area contributed by atoms with Gasteiger partial charge in [-0.25, -0.2) is 0 Å². The van der Waals surface area contributed by atoms with Gasteiger partial charge in [-0.1, -0.05) is 132 Å². The van der Waals surface area contributed by atoms with Crippen molar-refractivity contribution in [2.75, 3.05) is 6.61 Å². The van der Waals surface area contributed by atoms with Gasteiger partial charge in [0.2, 0.25) is 0 Å². The minimum atomic E-state index is -1.66. The third-order valence-corrected chi connectivity index (χ3v) is 10.3. The zero-order chi connectivity index (χ0) is 32.1. The fraction of sp³-hybridized carbons (Fsp3) is 0.0526. The summed E-state index contributed by atoms with van der Waals surface area (Å²) in [4.78, 5) is 6.02. The van der Waals surface area contributed by atoms with Crippen LogP contribution in [0.3, 0.4) is 0 Å². The molecule has 6 nitrogen and oxygen atoms in total. The highest BCUT2D eigenvalue weighted by Gasteiger charge is 2.25. The molecule has 6 rings (SSSR count). The van der Waals surface area contributed by atoms with Crippen molar-refractivity contribution in [2.24, 2.45) is 4.52 Å². The summed E-state index contributed by atoms with van der Waals surface area (Å²) in [5.41, 5.74) is 6.79. The zero-order valence-corrected chi connectivity index (χ0v) is 28.5. The van der Waals surface area contributed by atoms with Crippen molar-refractivity contribution in [3.8, 4) is 50.6 Å². The molecule has 0 N–H and O–H groups in total. The molecule has 0 saturated heterocycles. The molecule has 234 valence electrons. The highest BCUT2D eigenvalue weighted by molar-refractivity contribution is 7.60. The average Bonchev–Trinajstić information content (AvgIpc) is 3.15. The van der Waals surface area contributed by atoms with E-state index >= 15 is 0 Å². The molecule has 0 aliphatic carbocycles. The van der Waals surface area contributed by atoms with Crippen LogP contribution in [0.25, 0.3) is 33.4 Å². The van der Waals surface area contributed by atoms with Crippen molar-refractivity contribution < 1.29 is 18.4 Å². The molecular weight excluding hydrogens is 641 g/mol. The second-order valence-corrected chi connectivity index (χ2v) is 13.4. The van der Waals surface area contributed by atoms with E-state index in [4.69, 9.17) is 22.9 Å². The van der Waals surface area contributed by atoms with Crippen LogP contribution in [-0.4, -0.2) is 11.2 Å². The summed E-state index contributed by atoms with van der Waals surface area (Å²) in [5, 5.41) is 0. The summed E-state index contributed by atoms with van der Waals surface area (Å²) >= 11 is 0. The Labute approximate surface area is 280 Å². The van der Waals surface area contributed by atoms with E-state index in [0.717, 1.165) is 39.1 Å². The number of rotatable bonds is 14. The molecule has 0 amide bonds. The summed E-state index contributed by atoms with van der Waals surface area (Å²) in [6.07, 6.45) is 0. The smallest absolute Gasteiger partial charge is 0.337 e. The summed E-state index contributed by atoms with van der Waals surface area (Å²) < 4.78 is 25.1. The number of nitrogens with zero attached hydrogens (tertiary/aromatic N) is 2. The standard InChI is InChI=1S/C38H33N2O4P3/c1-2-41-40(46-43-37-26-20-34(21-27-37)31-14-8-4-9-15-31)47(44-38-28-22-35(23-29-38)32-16-10-5-11-17-32)39-45-42-36-24-18-33(19-25-36)30-12-6-3-7-13-30/h3-29,46H,2H2,1H3. The summed E-state index contributed by atoms with van der Waals surface area (Å²) in [7, 11) is -1.49. The van der Waals surface area contributed by atoms with Crippen molar-refractivity contribution in [2.45, 2.75) is 6.92 Å². The van der Waals surface area contributed by atoms with Gasteiger partial charge < -0.3 is 13.6 Å². The second-order valence-electron chi connectivity index (χ2n) is 10.2. The molecule has 0 aliphatic rings. The van der Waals surface area contributed by atoms with Crippen molar-refractivity contribution >= 4 is 26.0 Å². The van der Waals surface area contributed by atoms with Gasteiger partial charge in [-0.3, -0.25) is 4.84 Å². The third-order valence-electron chi connectivity index (χ3n) is 6.98. The van der Waals surface area contributed by atoms with E-state index in [0.29, 0.717) is 26.7 Å². The Hall–Kier alpha value is -4.40. The molecule has 0 spiro atoms. The fourth-order valence-corrected chi connectivity index (χ4v) is 7.66. The van der Waals surface area contributed by atoms with Gasteiger partial charge in [-0.15, -0.1) is 4.52 Å². The maximum atomic E-state index is 6.44. The lowest BCUT2D eigenvalue weighted by Gasteiger charge is -2.24. The molecule has 0 aliphatic heterocycles. The van der Waals surface area contributed by atoms with Crippen LogP contribution in [0.5, 0.6) is 17.2 Å². The van der Waals surface area contributed by atoms with Crippen LogP contribution in [0.4, 0.5) is 0 Å². The minimum Gasteiger partial charge on any atom is -0.458 e. The lowest BCUT2D eigenvalue weighted by Crippen LogP contribution is -2.12. The zero-order valence-electron chi connectivity index (χ0n) is 25.7. The molecule has 6 aromatic carbocycles. The molecule has 47 heavy (non-hydrogen) atoms. The maximum Gasteiger partial charge on any atom is 0.337 e. The Balaban J connectivity index is 1.17. The molecular formula is C38H33N2O4P3. The molecule has 2 unspecified atom stereocenters. The van der Waals surface area contributed by atoms with E-state index in [9.17, 15) is 0 Å². The molecule has 9 heteroatoms. The van der Waals surface area contributed by atoms with Gasteiger partial charge in [0.1, 0.15) is 17.2 Å². The van der Waals surface area contributed by atoms with Crippen LogP contribution in [0.15, 0.2) is 168 Å². The third kappa shape index (κ3) is 9.33. The first-order valence-corrected chi connectivity index (χ1v) is 17.9. The Morgan fingerprint density at radius 1 is 0.532 bits per heavy atom. The average molecular weight is 675 g/mol. The first-order chi connectivity index (χ1) is 23.2. The van der Waals surface area contributed by atoms with Gasteiger partial charge in [0.25, 0.3) is 8.60 Å². The second kappa shape index (κ2) is 17.0. The minimum absolute atomic E-state index is 0.201. The van der Waals surface area contributed by atoms with E-state index in [1.54, 1.807) is 4.60 Å². The predicted octanol–water partition coefficient (Wildman–Crippen LogP) is 12.3. The van der Waals surface area contributed by atoms with Crippen molar-refractivity contribution in [3.63, 3.8) is 0 Å². The van der Waals surface area contributed by atoms with Crippen molar-refractivity contribution in [1.82, 2.24) is 4.60 Å². The Kier molecular flexibility index (Phi) is 11.7. The Morgan fingerprint density at radius 2 is 0.936 bits per heavy atom. The van der Waals surface area contributed by atoms with Crippen LogP contribution in [-0.2, 0) is 4.84 Å². The summed E-state index contributed by atoms with van der Waals surface area (Å²) in [6, 6.07) is 54.7. The molecule has 0 saturated carbocycles. The molecule has 6 aromatic rings. The molecule has 0 aromatic heterocycles. The lowest BCUT2D eigenvalue weighted by molar-refractivity contribution is -0.00833. The van der Waals surface area contributed by atoms with E-state index in [2.05, 4.69) is 36.4 Å². The van der Waals surface area contributed by atoms with Gasteiger partial charge in [0, 0.05) is 0 Å². The van der Waals surface area contributed by atoms with Crippen LogP contribution in [0.1, 0.15) is 6.92 Å². The van der Waals surface area contributed by atoms with Gasteiger partial charge in [0.05, 0.1) is 6.61 Å². The summed E-state index contributed by atoms with van der Waals surface area (Å²) in [6.45, 7) is 2.35.